The molecule has 1 aliphatic rings. The highest BCUT2D eigenvalue weighted by Gasteiger charge is 2.42. The molecule has 1 aromatic heterocycles. The maximum atomic E-state index is 14.8. The number of aromatic nitrogens is 1. The number of fused-ring (bicyclic) bond motifs is 1. The predicted octanol–water partition coefficient (Wildman–Crippen LogP) is 1.14. The van der Waals surface area contributed by atoms with Gasteiger partial charge in [-0.05, 0) is 80.5 Å². The lowest BCUT2D eigenvalue weighted by Crippen LogP contribution is -2.63. The van der Waals surface area contributed by atoms with Crippen molar-refractivity contribution in [2.75, 3.05) is 12.3 Å². The first kappa shape index (κ1) is 59.7. The van der Waals surface area contributed by atoms with Crippen molar-refractivity contribution >= 4 is 85.8 Å². The van der Waals surface area contributed by atoms with Gasteiger partial charge in [0.25, 0.3) is 0 Å². The van der Waals surface area contributed by atoms with Gasteiger partial charge in [0.1, 0.15) is 48.0 Å². The quantitative estimate of drug-likeness (QED) is 0.0491. The number of unbranched alkanes of at least 4 members (excludes halogenated alkanes) is 1. The Hall–Kier alpha value is -7.15. The number of para-hydroxylation sites is 1. The molecule has 1 fully saturated rings. The number of hydrogen-bond donors (Lipinski definition) is 13. The maximum Gasteiger partial charge on any atom is 0.326 e. The van der Waals surface area contributed by atoms with Gasteiger partial charge in [-0.1, -0.05) is 96.1 Å². The Morgan fingerprint density at radius 1 is 0.724 bits per heavy atom. The lowest BCUT2D eigenvalue weighted by molar-refractivity contribution is -0.143. The first-order valence-electron chi connectivity index (χ1n) is 24.8. The number of H-pyrrole nitrogens is 1. The van der Waals surface area contributed by atoms with E-state index in [0.717, 1.165) is 32.5 Å². The number of carbonyl (C=O) groups excluding carboxylic acids is 7. The van der Waals surface area contributed by atoms with Crippen LogP contribution in [0.1, 0.15) is 70.1 Å². The van der Waals surface area contributed by atoms with Crippen LogP contribution in [0.5, 0.6) is 5.75 Å². The second-order valence-corrected chi connectivity index (χ2v) is 22.4. The van der Waals surface area contributed by atoms with E-state index in [1.165, 1.54) is 24.3 Å². The largest absolute Gasteiger partial charge is 0.508 e. The molecule has 22 nitrogen and oxygen atoms in total. The minimum absolute atomic E-state index is 0.0176. The van der Waals surface area contributed by atoms with Crippen molar-refractivity contribution in [3.63, 3.8) is 0 Å². The standard InChI is InChI=1S/C52H68N10O12S2/c1-28(2)42(51(73)74)61-50(72)43-52(3,4)76-75-27-40(60-44(66)34(54)25-41(64)65)49(71)58-37(22-29-12-6-5-7-13-29)46(68)59-39(24-31-26-55-35-15-9-8-14-33(31)35)47(69)56-36(16-10-11-21-53)45(67)57-38(48(70)62-43)23-30-17-19-32(63)20-18-30/h5-9,12-15,17-20,26,28,34,36-40,42-43,55,63H,10-11,16,21-25,27,53-54H2,1-4H3,(H,56,69)(H,57,67)(H,58,71)(H,59,68)(H,60,66)(H,61,72)(H,62,70)(H,64,65)(H,73,74)/t34-,36-,37-,38-,39-,40+,42-,43-/m0/s1. The van der Waals surface area contributed by atoms with Crippen LogP contribution < -0.4 is 48.7 Å². The molecule has 4 aromatic rings. The third kappa shape index (κ3) is 17.5. The molecule has 0 unspecified atom stereocenters. The zero-order chi connectivity index (χ0) is 55.7. The number of carbonyl (C=O) groups is 9. The van der Waals surface area contributed by atoms with Crippen LogP contribution in [0.3, 0.4) is 0 Å². The van der Waals surface area contributed by atoms with Crippen molar-refractivity contribution in [3.8, 4) is 5.75 Å². The zero-order valence-corrected chi connectivity index (χ0v) is 44.3. The number of phenolic OH excluding ortho intramolecular Hbond substituents is 1. The number of aromatic amines is 1. The number of aromatic hydroxyl groups is 1. The highest BCUT2D eigenvalue weighted by atomic mass is 33.1. The van der Waals surface area contributed by atoms with Gasteiger partial charge in [0.2, 0.25) is 41.4 Å². The van der Waals surface area contributed by atoms with E-state index in [1.54, 1.807) is 70.3 Å². The zero-order valence-electron chi connectivity index (χ0n) is 42.6. The highest BCUT2D eigenvalue weighted by Crippen LogP contribution is 2.39. The summed E-state index contributed by atoms with van der Waals surface area (Å²) in [6.07, 6.45) is 1.23. The Balaban J connectivity index is 1.66. The normalized spacial score (nSPS) is 21.9. The average molecular weight is 1090 g/mol. The summed E-state index contributed by atoms with van der Waals surface area (Å²) in [5, 5.41) is 49.2. The number of carboxylic acids is 2. The van der Waals surface area contributed by atoms with Gasteiger partial charge in [-0.2, -0.15) is 0 Å². The fourth-order valence-electron chi connectivity index (χ4n) is 8.31. The summed E-state index contributed by atoms with van der Waals surface area (Å²) in [5.74, 6) is -9.94. The molecule has 0 saturated carbocycles. The number of hydrogen-bond acceptors (Lipinski definition) is 14. The van der Waals surface area contributed by atoms with Crippen molar-refractivity contribution in [2.24, 2.45) is 17.4 Å². The fourth-order valence-corrected chi connectivity index (χ4v) is 11.1. The molecule has 7 amide bonds. The predicted molar refractivity (Wildman–Crippen MR) is 287 cm³/mol. The highest BCUT2D eigenvalue weighted by molar-refractivity contribution is 8.77. The topological polar surface area (TPSA) is 366 Å². The number of nitrogens with two attached hydrogens (primary N) is 2. The van der Waals surface area contributed by atoms with Gasteiger partial charge in [-0.15, -0.1) is 0 Å². The molecule has 3 aromatic carbocycles. The number of carboxylic acid groups (broad SMARTS) is 2. The van der Waals surface area contributed by atoms with E-state index in [9.17, 15) is 58.5 Å². The second-order valence-electron chi connectivity index (χ2n) is 19.4. The van der Waals surface area contributed by atoms with Crippen molar-refractivity contribution < 1.29 is 58.5 Å². The van der Waals surface area contributed by atoms with Crippen molar-refractivity contribution in [2.45, 2.75) is 126 Å². The Labute approximate surface area is 447 Å². The number of amides is 7. The first-order valence-corrected chi connectivity index (χ1v) is 27.1. The molecule has 1 aliphatic heterocycles. The van der Waals surface area contributed by atoms with Crippen LogP contribution in [-0.2, 0) is 62.4 Å². The molecule has 1 saturated heterocycles. The molecule has 8 atom stereocenters. The number of benzene rings is 3. The smallest absolute Gasteiger partial charge is 0.326 e. The summed E-state index contributed by atoms with van der Waals surface area (Å²) >= 11 is 0. The second kappa shape index (κ2) is 28.1. The molecule has 410 valence electrons. The summed E-state index contributed by atoms with van der Waals surface area (Å²) in [6, 6.07) is 9.95. The molecule has 2 heterocycles. The average Bonchev–Trinajstić information content (AvgIpc) is 3.78. The van der Waals surface area contributed by atoms with E-state index in [4.69, 9.17) is 11.5 Å². The van der Waals surface area contributed by atoms with E-state index in [2.05, 4.69) is 42.2 Å². The van der Waals surface area contributed by atoms with Gasteiger partial charge < -0.3 is 69.0 Å². The maximum absolute atomic E-state index is 14.8. The fraction of sp³-hybridized carbons (Fsp3) is 0.442. The third-order valence-corrected chi connectivity index (χ3v) is 15.9. The number of aliphatic carboxylic acids is 2. The van der Waals surface area contributed by atoms with E-state index in [1.807, 2.05) is 18.2 Å². The minimum atomic E-state index is -1.60. The van der Waals surface area contributed by atoms with E-state index in [-0.39, 0.29) is 43.7 Å². The number of rotatable bonds is 18. The monoisotopic (exact) mass is 1090 g/mol. The van der Waals surface area contributed by atoms with E-state index in [0.29, 0.717) is 29.5 Å². The van der Waals surface area contributed by atoms with Gasteiger partial charge >= 0.3 is 11.9 Å². The summed E-state index contributed by atoms with van der Waals surface area (Å²) < 4.78 is -1.41. The molecule has 0 spiro atoms. The molecule has 76 heavy (non-hydrogen) atoms. The summed E-state index contributed by atoms with van der Waals surface area (Å²) in [7, 11) is 1.92. The molecule has 0 aliphatic carbocycles. The number of nitrogens with one attached hydrogen (secondary N) is 8. The molecular formula is C52H68N10O12S2. The summed E-state index contributed by atoms with van der Waals surface area (Å²) in [6.45, 7) is 6.52. The van der Waals surface area contributed by atoms with Crippen LogP contribution in [0, 0.1) is 5.92 Å². The van der Waals surface area contributed by atoms with E-state index >= 15 is 0 Å². The lowest BCUT2D eigenvalue weighted by atomic mass is 9.98. The van der Waals surface area contributed by atoms with Crippen molar-refractivity contribution in [1.82, 2.24) is 42.2 Å². The van der Waals surface area contributed by atoms with Crippen LogP contribution in [0.4, 0.5) is 0 Å². The first-order chi connectivity index (χ1) is 36.1. The van der Waals surface area contributed by atoms with Crippen molar-refractivity contribution in [3.05, 3.63) is 102 Å². The van der Waals surface area contributed by atoms with Crippen LogP contribution in [0.15, 0.2) is 85.1 Å². The van der Waals surface area contributed by atoms with Gasteiger partial charge in [0.05, 0.1) is 12.5 Å². The Morgan fingerprint density at radius 2 is 1.28 bits per heavy atom. The van der Waals surface area contributed by atoms with Gasteiger partial charge in [-0.3, -0.25) is 38.4 Å². The Morgan fingerprint density at radius 3 is 1.88 bits per heavy atom. The van der Waals surface area contributed by atoms with Gasteiger partial charge in [0.15, 0.2) is 0 Å². The SMILES string of the molecule is CC(C)[C@H](NC(=O)[C@@H]1NC(=O)[C@H](Cc2ccc(O)cc2)NC(=O)[C@H](CCCCN)NC(=O)[C@H](Cc2c[nH]c3ccccc23)NC(=O)[C@H](Cc2ccccc2)NC(=O)[C@H](NC(=O)[C@@H](N)CC(=O)O)CSSC1(C)C)C(=O)O. The minimum Gasteiger partial charge on any atom is -0.508 e. The van der Waals surface area contributed by atoms with Crippen LogP contribution in [0.25, 0.3) is 10.9 Å². The molecule has 15 N–H and O–H groups in total. The third-order valence-electron chi connectivity index (χ3n) is 12.6. The van der Waals surface area contributed by atoms with Crippen LogP contribution in [-0.4, -0.2) is 139 Å². The lowest BCUT2D eigenvalue weighted by Gasteiger charge is -2.35. The van der Waals surface area contributed by atoms with Crippen molar-refractivity contribution in [1.29, 1.82) is 0 Å². The summed E-state index contributed by atoms with van der Waals surface area (Å²) in [4.78, 5) is 129. The number of phenols is 1. The molecule has 0 bridgehead atoms. The Bertz CT molecular complexity index is 2690. The van der Waals surface area contributed by atoms with Gasteiger partial charge in [0, 0.05) is 46.9 Å². The molecule has 5 rings (SSSR count). The summed E-state index contributed by atoms with van der Waals surface area (Å²) in [5.41, 5.74) is 14.2. The van der Waals surface area contributed by atoms with E-state index < -0.39 is 119 Å². The Kier molecular flexibility index (Phi) is 22.1. The molecular weight excluding hydrogens is 1020 g/mol. The van der Waals surface area contributed by atoms with Crippen LogP contribution >= 0.6 is 21.6 Å². The van der Waals surface area contributed by atoms with Gasteiger partial charge in [-0.25, -0.2) is 4.79 Å². The van der Waals surface area contributed by atoms with Crippen LogP contribution in [0.2, 0.25) is 0 Å². The molecule has 24 heteroatoms. The molecule has 0 radical (unpaired) electrons.